The summed E-state index contributed by atoms with van der Waals surface area (Å²) in [6.07, 6.45) is 2.30. The number of primary amides is 1. The van der Waals surface area contributed by atoms with Crippen LogP contribution in [0.1, 0.15) is 21.5 Å². The van der Waals surface area contributed by atoms with Gasteiger partial charge < -0.3 is 15.8 Å². The predicted molar refractivity (Wildman–Crippen MR) is 106 cm³/mol. The molecule has 0 radical (unpaired) electrons. The number of halogens is 1. The van der Waals surface area contributed by atoms with Crippen LogP contribution in [-0.2, 0) is 13.0 Å². The van der Waals surface area contributed by atoms with Gasteiger partial charge in [-0.2, -0.15) is 0 Å². The molecule has 0 aliphatic carbocycles. The van der Waals surface area contributed by atoms with Crippen molar-refractivity contribution in [2.75, 3.05) is 6.54 Å². The Kier molecular flexibility index (Phi) is 6.41. The molecule has 5 nitrogen and oxygen atoms in total. The van der Waals surface area contributed by atoms with Crippen LogP contribution in [-0.4, -0.2) is 17.4 Å². The molecule has 138 valence electrons. The van der Waals surface area contributed by atoms with Gasteiger partial charge in [0.25, 0.3) is 0 Å². The maximum atomic E-state index is 11.0. The van der Waals surface area contributed by atoms with E-state index in [1.54, 1.807) is 12.1 Å². The van der Waals surface area contributed by atoms with Crippen molar-refractivity contribution >= 4 is 17.5 Å². The molecule has 0 atom stereocenters. The standard InChI is InChI=1S/C21H20ClN3O2/c22-19-4-2-1-3-16(19)13-24-12-11-15-5-8-18(9-6-15)27-20-10-7-17(14-25-20)21(23)26/h1-10,14,24H,11-13H2,(H2,23,26). The summed E-state index contributed by atoms with van der Waals surface area (Å²) in [7, 11) is 0. The molecular weight excluding hydrogens is 362 g/mol. The molecule has 3 N–H and O–H groups in total. The minimum atomic E-state index is -0.512. The first-order valence-electron chi connectivity index (χ1n) is 8.58. The number of carbonyl (C=O) groups excluding carboxylic acids is 1. The Morgan fingerprint density at radius 2 is 1.85 bits per heavy atom. The van der Waals surface area contributed by atoms with E-state index in [-0.39, 0.29) is 0 Å². The number of hydrogen-bond acceptors (Lipinski definition) is 4. The lowest BCUT2D eigenvalue weighted by Gasteiger charge is -2.08. The van der Waals surface area contributed by atoms with Gasteiger partial charge in [-0.1, -0.05) is 41.9 Å². The molecule has 0 unspecified atom stereocenters. The van der Waals surface area contributed by atoms with Crippen molar-refractivity contribution in [2.45, 2.75) is 13.0 Å². The highest BCUT2D eigenvalue weighted by Crippen LogP contribution is 2.20. The van der Waals surface area contributed by atoms with Gasteiger partial charge in [0, 0.05) is 23.8 Å². The fraction of sp³-hybridized carbons (Fsp3) is 0.143. The van der Waals surface area contributed by atoms with Gasteiger partial charge in [0.2, 0.25) is 11.8 Å². The third-order valence-corrected chi connectivity index (χ3v) is 4.40. The lowest BCUT2D eigenvalue weighted by atomic mass is 10.1. The van der Waals surface area contributed by atoms with Gasteiger partial charge in [0.05, 0.1) is 5.56 Å². The third-order valence-electron chi connectivity index (χ3n) is 4.03. The molecule has 0 fully saturated rings. The lowest BCUT2D eigenvalue weighted by molar-refractivity contribution is 0.1000. The second-order valence-electron chi connectivity index (χ2n) is 6.01. The maximum absolute atomic E-state index is 11.0. The van der Waals surface area contributed by atoms with Crippen LogP contribution in [0.25, 0.3) is 0 Å². The number of nitrogens with two attached hydrogens (primary N) is 1. The minimum absolute atomic E-state index is 0.349. The fourth-order valence-electron chi connectivity index (χ4n) is 2.53. The first-order chi connectivity index (χ1) is 13.1. The number of ether oxygens (including phenoxy) is 1. The predicted octanol–water partition coefficient (Wildman–Crippen LogP) is 3.96. The van der Waals surface area contributed by atoms with E-state index in [2.05, 4.69) is 10.3 Å². The van der Waals surface area contributed by atoms with Gasteiger partial charge >= 0.3 is 0 Å². The van der Waals surface area contributed by atoms with Gasteiger partial charge in [-0.05, 0) is 48.4 Å². The van der Waals surface area contributed by atoms with E-state index >= 15 is 0 Å². The van der Waals surface area contributed by atoms with Crippen molar-refractivity contribution in [3.63, 3.8) is 0 Å². The molecule has 1 amide bonds. The molecule has 0 bridgehead atoms. The van der Waals surface area contributed by atoms with Crippen molar-refractivity contribution in [1.82, 2.24) is 10.3 Å². The maximum Gasteiger partial charge on any atom is 0.250 e. The molecule has 3 aromatic rings. The van der Waals surface area contributed by atoms with Gasteiger partial charge in [-0.15, -0.1) is 0 Å². The first-order valence-corrected chi connectivity index (χ1v) is 8.96. The largest absolute Gasteiger partial charge is 0.439 e. The molecule has 6 heteroatoms. The summed E-state index contributed by atoms with van der Waals surface area (Å²) >= 11 is 6.15. The summed E-state index contributed by atoms with van der Waals surface area (Å²) in [6.45, 7) is 1.59. The summed E-state index contributed by atoms with van der Waals surface area (Å²) in [4.78, 5) is 15.1. The first kappa shape index (κ1) is 18.9. The summed E-state index contributed by atoms with van der Waals surface area (Å²) in [5, 5.41) is 4.18. The van der Waals surface area contributed by atoms with Crippen molar-refractivity contribution in [3.8, 4) is 11.6 Å². The Bertz CT molecular complexity index is 896. The Morgan fingerprint density at radius 1 is 1.07 bits per heavy atom. The number of amides is 1. The third kappa shape index (κ3) is 5.54. The van der Waals surface area contributed by atoms with E-state index in [1.807, 2.05) is 48.5 Å². The van der Waals surface area contributed by atoms with E-state index in [9.17, 15) is 4.79 Å². The number of benzene rings is 2. The zero-order valence-corrected chi connectivity index (χ0v) is 15.4. The van der Waals surface area contributed by atoms with Gasteiger partial charge in [-0.25, -0.2) is 4.98 Å². The zero-order valence-electron chi connectivity index (χ0n) is 14.7. The number of nitrogens with one attached hydrogen (secondary N) is 1. The number of aromatic nitrogens is 1. The molecule has 0 aliphatic rings. The molecule has 27 heavy (non-hydrogen) atoms. The summed E-state index contributed by atoms with van der Waals surface area (Å²) < 4.78 is 5.67. The van der Waals surface area contributed by atoms with Crippen molar-refractivity contribution < 1.29 is 9.53 Å². The van der Waals surface area contributed by atoms with Crippen LogP contribution in [0.2, 0.25) is 5.02 Å². The molecule has 0 aliphatic heterocycles. The van der Waals surface area contributed by atoms with Gasteiger partial charge in [0.15, 0.2) is 0 Å². The Balaban J connectivity index is 1.47. The Morgan fingerprint density at radius 3 is 2.52 bits per heavy atom. The SMILES string of the molecule is NC(=O)c1ccc(Oc2ccc(CCNCc3ccccc3Cl)cc2)nc1. The molecule has 0 saturated heterocycles. The van der Waals surface area contributed by atoms with Crippen LogP contribution in [0.15, 0.2) is 66.9 Å². The normalized spacial score (nSPS) is 10.6. The van der Waals surface area contributed by atoms with E-state index < -0.39 is 5.91 Å². The van der Waals surface area contributed by atoms with Crippen LogP contribution in [0, 0.1) is 0 Å². The average molecular weight is 382 g/mol. The van der Waals surface area contributed by atoms with Gasteiger partial charge in [-0.3, -0.25) is 4.79 Å². The molecule has 0 saturated carbocycles. The van der Waals surface area contributed by atoms with E-state index in [0.717, 1.165) is 30.1 Å². The topological polar surface area (TPSA) is 77.2 Å². The van der Waals surface area contributed by atoms with Crippen LogP contribution < -0.4 is 15.8 Å². The fourth-order valence-corrected chi connectivity index (χ4v) is 2.73. The summed E-state index contributed by atoms with van der Waals surface area (Å²) in [6, 6.07) is 18.9. The second-order valence-corrected chi connectivity index (χ2v) is 6.42. The summed E-state index contributed by atoms with van der Waals surface area (Å²) in [5.41, 5.74) is 7.84. The van der Waals surface area contributed by atoms with Gasteiger partial charge in [0.1, 0.15) is 5.75 Å². The molecule has 1 heterocycles. The highest BCUT2D eigenvalue weighted by Gasteiger charge is 2.03. The minimum Gasteiger partial charge on any atom is -0.439 e. The van der Waals surface area contributed by atoms with E-state index in [0.29, 0.717) is 17.2 Å². The van der Waals surface area contributed by atoms with Crippen LogP contribution in [0.4, 0.5) is 0 Å². The monoisotopic (exact) mass is 381 g/mol. The number of rotatable bonds is 8. The highest BCUT2D eigenvalue weighted by molar-refractivity contribution is 6.31. The number of hydrogen-bond donors (Lipinski definition) is 2. The van der Waals surface area contributed by atoms with Crippen molar-refractivity contribution in [3.05, 3.63) is 88.6 Å². The zero-order chi connectivity index (χ0) is 19.1. The van der Waals surface area contributed by atoms with Crippen molar-refractivity contribution in [2.24, 2.45) is 5.73 Å². The number of carbonyl (C=O) groups is 1. The Hall–Kier alpha value is -2.89. The molecule has 3 rings (SSSR count). The molecule has 1 aromatic heterocycles. The molecule has 0 spiro atoms. The second kappa shape index (κ2) is 9.16. The number of nitrogens with zero attached hydrogens (tertiary/aromatic N) is 1. The highest BCUT2D eigenvalue weighted by atomic mass is 35.5. The quantitative estimate of drug-likeness (QED) is 0.579. The summed E-state index contributed by atoms with van der Waals surface area (Å²) in [5.74, 6) is 0.581. The van der Waals surface area contributed by atoms with Crippen molar-refractivity contribution in [1.29, 1.82) is 0 Å². The van der Waals surface area contributed by atoms with E-state index in [4.69, 9.17) is 22.1 Å². The number of pyridine rings is 1. The van der Waals surface area contributed by atoms with E-state index in [1.165, 1.54) is 11.8 Å². The molecular formula is C21H20ClN3O2. The Labute approximate surface area is 163 Å². The molecule has 2 aromatic carbocycles. The average Bonchev–Trinajstić information content (AvgIpc) is 2.68. The lowest BCUT2D eigenvalue weighted by Crippen LogP contribution is -2.16. The van der Waals surface area contributed by atoms with Crippen LogP contribution in [0.3, 0.4) is 0 Å². The smallest absolute Gasteiger partial charge is 0.250 e. The van der Waals surface area contributed by atoms with Crippen LogP contribution in [0.5, 0.6) is 11.6 Å². The van der Waals surface area contributed by atoms with Crippen LogP contribution >= 0.6 is 11.6 Å².